The van der Waals surface area contributed by atoms with Crippen molar-refractivity contribution < 1.29 is 19.4 Å². The summed E-state index contributed by atoms with van der Waals surface area (Å²) in [6.07, 6.45) is 3.33. The third kappa shape index (κ3) is 4.97. The minimum absolute atomic E-state index is 0.0433. The van der Waals surface area contributed by atoms with E-state index in [2.05, 4.69) is 25.8 Å². The van der Waals surface area contributed by atoms with Crippen molar-refractivity contribution in [1.29, 1.82) is 0 Å². The van der Waals surface area contributed by atoms with Gasteiger partial charge in [0.15, 0.2) is 0 Å². The van der Waals surface area contributed by atoms with Gasteiger partial charge in [0, 0.05) is 24.5 Å². The monoisotopic (exact) mass is 470 g/mol. The van der Waals surface area contributed by atoms with Gasteiger partial charge in [0.1, 0.15) is 11.5 Å². The van der Waals surface area contributed by atoms with Crippen LogP contribution < -0.4 is 4.74 Å². The molecule has 180 valence electrons. The summed E-state index contributed by atoms with van der Waals surface area (Å²) in [5.74, 6) is -0.892. The Kier molecular flexibility index (Phi) is 6.74. The first-order valence-corrected chi connectivity index (χ1v) is 11.7. The molecule has 1 aromatic heterocycles. The van der Waals surface area contributed by atoms with Crippen LogP contribution in [0.3, 0.4) is 0 Å². The number of aliphatic hydroxyl groups excluding tert-OH is 1. The summed E-state index contributed by atoms with van der Waals surface area (Å²) in [5.41, 5.74) is 3.17. The van der Waals surface area contributed by atoms with Crippen LogP contribution in [-0.4, -0.2) is 33.3 Å². The zero-order chi connectivity index (χ0) is 25.2. The van der Waals surface area contributed by atoms with Gasteiger partial charge in [-0.15, -0.1) is 0 Å². The van der Waals surface area contributed by atoms with E-state index in [0.717, 1.165) is 16.7 Å². The zero-order valence-electron chi connectivity index (χ0n) is 20.5. The number of carbonyl (C=O) groups excluding carboxylic acids is 2. The van der Waals surface area contributed by atoms with Crippen LogP contribution in [0.1, 0.15) is 56.0 Å². The van der Waals surface area contributed by atoms with Crippen LogP contribution in [0.2, 0.25) is 0 Å². The smallest absolute Gasteiger partial charge is 0.295 e. The molecule has 2 heterocycles. The highest BCUT2D eigenvalue weighted by atomic mass is 16.5. The van der Waals surface area contributed by atoms with Gasteiger partial charge in [-0.25, -0.2) is 0 Å². The van der Waals surface area contributed by atoms with Crippen LogP contribution in [0.4, 0.5) is 0 Å². The van der Waals surface area contributed by atoms with E-state index < -0.39 is 17.7 Å². The van der Waals surface area contributed by atoms with Crippen molar-refractivity contribution in [3.8, 4) is 5.75 Å². The molecule has 1 unspecified atom stereocenters. The molecule has 6 nitrogen and oxygen atoms in total. The molecule has 0 bridgehead atoms. The number of nitrogens with zero attached hydrogens (tertiary/aromatic N) is 2. The second kappa shape index (κ2) is 9.74. The molecule has 4 rings (SSSR count). The summed E-state index contributed by atoms with van der Waals surface area (Å²) in [4.78, 5) is 32.1. The number of hydrogen-bond donors (Lipinski definition) is 1. The number of ether oxygens (including phenoxy) is 1. The number of pyridine rings is 1. The van der Waals surface area contributed by atoms with E-state index in [1.165, 1.54) is 4.90 Å². The van der Waals surface area contributed by atoms with E-state index in [1.54, 1.807) is 42.7 Å². The van der Waals surface area contributed by atoms with Gasteiger partial charge in [-0.1, -0.05) is 51.1 Å². The van der Waals surface area contributed by atoms with Crippen LogP contribution in [-0.2, 0) is 21.5 Å². The molecule has 1 aliphatic rings. The van der Waals surface area contributed by atoms with Crippen molar-refractivity contribution in [1.82, 2.24) is 9.88 Å². The van der Waals surface area contributed by atoms with Crippen molar-refractivity contribution >= 4 is 17.4 Å². The van der Waals surface area contributed by atoms with Crippen molar-refractivity contribution in [2.45, 2.75) is 45.7 Å². The predicted octanol–water partition coefficient (Wildman–Crippen LogP) is 5.40. The topological polar surface area (TPSA) is 79.7 Å². The largest absolute Gasteiger partial charge is 0.507 e. The van der Waals surface area contributed by atoms with Crippen molar-refractivity contribution in [3.05, 3.63) is 101 Å². The first-order chi connectivity index (χ1) is 16.7. The number of aromatic nitrogens is 1. The van der Waals surface area contributed by atoms with E-state index in [1.807, 2.05) is 37.3 Å². The van der Waals surface area contributed by atoms with Gasteiger partial charge in [0.25, 0.3) is 11.7 Å². The molecular formula is C29H30N2O4. The summed E-state index contributed by atoms with van der Waals surface area (Å²) < 4.78 is 5.48. The third-order valence-electron chi connectivity index (χ3n) is 6.15. The van der Waals surface area contributed by atoms with Crippen LogP contribution in [0.5, 0.6) is 5.75 Å². The fourth-order valence-electron chi connectivity index (χ4n) is 4.27. The maximum absolute atomic E-state index is 13.3. The Balaban J connectivity index is 1.82. The van der Waals surface area contributed by atoms with Gasteiger partial charge in [-0.3, -0.25) is 14.6 Å². The Morgan fingerprint density at radius 2 is 1.71 bits per heavy atom. The molecule has 0 spiro atoms. The average Bonchev–Trinajstić information content (AvgIpc) is 3.09. The summed E-state index contributed by atoms with van der Waals surface area (Å²) in [5, 5.41) is 11.3. The SMILES string of the molecule is CCOc1ccc(C(O)=C2C(=O)C(=O)N(Cc3cccnc3)C2c2ccc(C(C)(C)C)cc2)cc1. The standard InChI is InChI=1S/C29H30N2O4/c1-5-35-23-14-10-21(11-15-23)26(32)24-25(20-8-12-22(13-9-20)29(2,3)4)31(28(34)27(24)33)18-19-7-6-16-30-17-19/h6-17,25,32H,5,18H2,1-4H3. The molecule has 1 saturated heterocycles. The summed E-state index contributed by atoms with van der Waals surface area (Å²) in [6.45, 7) is 9.00. The number of carbonyl (C=O) groups is 2. The van der Waals surface area contributed by atoms with Crippen molar-refractivity contribution in [2.24, 2.45) is 0 Å². The molecule has 0 aliphatic carbocycles. The molecule has 0 saturated carbocycles. The second-order valence-electron chi connectivity index (χ2n) is 9.62. The van der Waals surface area contributed by atoms with Gasteiger partial charge in [0.05, 0.1) is 18.2 Å². The number of benzene rings is 2. The highest BCUT2D eigenvalue weighted by Crippen LogP contribution is 2.41. The number of rotatable bonds is 6. The zero-order valence-corrected chi connectivity index (χ0v) is 20.5. The lowest BCUT2D eigenvalue weighted by atomic mass is 9.85. The number of hydrogen-bond acceptors (Lipinski definition) is 5. The molecule has 35 heavy (non-hydrogen) atoms. The van der Waals surface area contributed by atoms with Gasteiger partial charge >= 0.3 is 0 Å². The maximum Gasteiger partial charge on any atom is 0.295 e. The lowest BCUT2D eigenvalue weighted by Gasteiger charge is -2.26. The predicted molar refractivity (Wildman–Crippen MR) is 135 cm³/mol. The van der Waals surface area contributed by atoms with Gasteiger partial charge in [0.2, 0.25) is 0 Å². The minimum atomic E-state index is -0.726. The summed E-state index contributed by atoms with van der Waals surface area (Å²) in [6, 6.07) is 17.6. The number of Topliss-reactive ketones (excluding diaryl/α,β-unsaturated/α-hetero) is 1. The Hall–Kier alpha value is -3.93. The molecule has 3 aromatic rings. The molecule has 6 heteroatoms. The summed E-state index contributed by atoms with van der Waals surface area (Å²) in [7, 11) is 0. The normalized spacial score (nSPS) is 17.6. The van der Waals surface area contributed by atoms with E-state index in [4.69, 9.17) is 4.74 Å². The first kappa shape index (κ1) is 24.2. The molecule has 1 amide bonds. The molecular weight excluding hydrogens is 440 g/mol. The fourth-order valence-corrected chi connectivity index (χ4v) is 4.27. The highest BCUT2D eigenvalue weighted by Gasteiger charge is 2.46. The van der Waals surface area contributed by atoms with Crippen molar-refractivity contribution in [3.63, 3.8) is 0 Å². The minimum Gasteiger partial charge on any atom is -0.507 e. The van der Waals surface area contributed by atoms with E-state index in [0.29, 0.717) is 17.9 Å². The number of ketones is 1. The number of likely N-dealkylation sites (tertiary alicyclic amines) is 1. The van der Waals surface area contributed by atoms with E-state index in [-0.39, 0.29) is 23.3 Å². The molecule has 1 fully saturated rings. The highest BCUT2D eigenvalue weighted by molar-refractivity contribution is 6.46. The van der Waals surface area contributed by atoms with E-state index in [9.17, 15) is 14.7 Å². The van der Waals surface area contributed by atoms with Gasteiger partial charge in [-0.05, 0) is 59.4 Å². The maximum atomic E-state index is 13.3. The Labute approximate surface area is 205 Å². The van der Waals surface area contributed by atoms with Crippen LogP contribution >= 0.6 is 0 Å². The lowest BCUT2D eigenvalue weighted by molar-refractivity contribution is -0.140. The molecule has 1 aliphatic heterocycles. The average molecular weight is 471 g/mol. The number of amides is 1. The Morgan fingerprint density at radius 3 is 2.29 bits per heavy atom. The van der Waals surface area contributed by atoms with E-state index >= 15 is 0 Å². The van der Waals surface area contributed by atoms with Gasteiger partial charge in [-0.2, -0.15) is 0 Å². The van der Waals surface area contributed by atoms with Crippen molar-refractivity contribution in [2.75, 3.05) is 6.61 Å². The first-order valence-electron chi connectivity index (χ1n) is 11.7. The van der Waals surface area contributed by atoms with Crippen LogP contribution in [0.25, 0.3) is 5.76 Å². The molecule has 1 N–H and O–H groups in total. The molecule has 0 radical (unpaired) electrons. The van der Waals surface area contributed by atoms with Crippen LogP contribution in [0, 0.1) is 0 Å². The summed E-state index contributed by atoms with van der Waals surface area (Å²) >= 11 is 0. The lowest BCUT2D eigenvalue weighted by Crippen LogP contribution is -2.29. The second-order valence-corrected chi connectivity index (χ2v) is 9.62. The Bertz CT molecular complexity index is 1240. The third-order valence-corrected chi connectivity index (χ3v) is 6.15. The fraction of sp³-hybridized carbons (Fsp3) is 0.276. The molecule has 1 atom stereocenters. The molecule has 2 aromatic carbocycles. The van der Waals surface area contributed by atoms with Gasteiger partial charge < -0.3 is 14.7 Å². The number of aliphatic hydroxyl groups is 1. The van der Waals surface area contributed by atoms with Crippen LogP contribution in [0.15, 0.2) is 78.6 Å². The Morgan fingerprint density at radius 1 is 1.03 bits per heavy atom. The quantitative estimate of drug-likeness (QED) is 0.296.